The van der Waals surface area contributed by atoms with Crippen molar-refractivity contribution < 1.29 is 9.29 Å². The van der Waals surface area contributed by atoms with E-state index in [0.717, 1.165) is 24.0 Å². The highest BCUT2D eigenvalue weighted by Gasteiger charge is 2.48. The first-order valence-corrected chi connectivity index (χ1v) is 10.2. The topological polar surface area (TPSA) is 79.5 Å². The highest BCUT2D eigenvalue weighted by atomic mass is 32.2. The molecule has 0 N–H and O–H groups in total. The van der Waals surface area contributed by atoms with E-state index in [9.17, 15) is 9.35 Å². The Balaban J connectivity index is 2.28. The van der Waals surface area contributed by atoms with Crippen LogP contribution in [0.25, 0.3) is 10.9 Å². The lowest BCUT2D eigenvalue weighted by Gasteiger charge is -2.20. The van der Waals surface area contributed by atoms with E-state index in [1.807, 2.05) is 46.8 Å². The van der Waals surface area contributed by atoms with Gasteiger partial charge in [-0.3, -0.25) is 9.36 Å². The molecule has 1 aromatic carbocycles. The first-order valence-electron chi connectivity index (χ1n) is 9.05. The summed E-state index contributed by atoms with van der Waals surface area (Å²) >= 11 is -1.39. The molecule has 0 bridgehead atoms. The van der Waals surface area contributed by atoms with Crippen LogP contribution in [0.3, 0.4) is 0 Å². The van der Waals surface area contributed by atoms with Crippen molar-refractivity contribution in [3.63, 3.8) is 0 Å². The minimum absolute atomic E-state index is 0.104. The van der Waals surface area contributed by atoms with Gasteiger partial charge in [-0.15, -0.1) is 0 Å². The zero-order valence-corrected chi connectivity index (χ0v) is 17.9. The van der Waals surface area contributed by atoms with Gasteiger partial charge in [-0.1, -0.05) is 4.40 Å². The summed E-state index contributed by atoms with van der Waals surface area (Å²) in [6, 6.07) is 3.79. The molecule has 1 unspecified atom stereocenters. The number of nitrogens with zero attached hydrogens (tertiary/aromatic N) is 3. The zero-order valence-electron chi connectivity index (χ0n) is 17.0. The molecule has 27 heavy (non-hydrogen) atoms. The minimum atomic E-state index is -1.39. The van der Waals surface area contributed by atoms with Crippen LogP contribution in [0, 0.1) is 6.92 Å². The average molecular weight is 390 g/mol. The predicted octanol–water partition coefficient (Wildman–Crippen LogP) is 3.15. The van der Waals surface area contributed by atoms with E-state index in [-0.39, 0.29) is 5.56 Å². The van der Waals surface area contributed by atoms with Gasteiger partial charge in [-0.2, -0.15) is 0 Å². The SMILES string of the molecule is COC1(c2nc3c(C(C)=N[S+]([O-])C(C)(C)C)cc(C)cc3c(=O)n2C)CC1. The van der Waals surface area contributed by atoms with Crippen molar-refractivity contribution in [2.75, 3.05) is 7.11 Å². The molecular formula is C20H27N3O3S. The van der Waals surface area contributed by atoms with Crippen molar-refractivity contribution in [2.45, 2.75) is 57.8 Å². The van der Waals surface area contributed by atoms with Crippen LogP contribution in [0.4, 0.5) is 0 Å². The lowest BCUT2D eigenvalue weighted by molar-refractivity contribution is 0.0678. The lowest BCUT2D eigenvalue weighted by atomic mass is 10.0. The highest BCUT2D eigenvalue weighted by molar-refractivity contribution is 7.91. The number of aromatic nitrogens is 2. The van der Waals surface area contributed by atoms with Gasteiger partial charge in [-0.25, -0.2) is 4.98 Å². The zero-order chi connectivity index (χ0) is 20.1. The summed E-state index contributed by atoms with van der Waals surface area (Å²) in [6.07, 6.45) is 1.69. The molecule has 1 aromatic heterocycles. The Kier molecular flexibility index (Phi) is 4.99. The van der Waals surface area contributed by atoms with Gasteiger partial charge in [0, 0.05) is 19.7 Å². The van der Waals surface area contributed by atoms with Gasteiger partial charge < -0.3 is 9.29 Å². The summed E-state index contributed by atoms with van der Waals surface area (Å²) in [5, 5.41) is 0.541. The molecule has 0 radical (unpaired) electrons. The van der Waals surface area contributed by atoms with E-state index < -0.39 is 21.7 Å². The number of methoxy groups -OCH3 is 1. The number of fused-ring (bicyclic) bond motifs is 1. The average Bonchev–Trinajstić information content (AvgIpc) is 3.38. The molecule has 6 nitrogen and oxygen atoms in total. The van der Waals surface area contributed by atoms with Crippen molar-refractivity contribution >= 4 is 28.0 Å². The fraction of sp³-hybridized carbons (Fsp3) is 0.550. The molecule has 1 aliphatic carbocycles. The normalized spacial score (nSPS) is 18.0. The van der Waals surface area contributed by atoms with Crippen molar-refractivity contribution in [3.05, 3.63) is 39.4 Å². The summed E-state index contributed by atoms with van der Waals surface area (Å²) in [5.74, 6) is 0.636. The molecule has 1 aliphatic rings. The largest absolute Gasteiger partial charge is 0.591 e. The quantitative estimate of drug-likeness (QED) is 0.594. The van der Waals surface area contributed by atoms with Crippen molar-refractivity contribution in [1.29, 1.82) is 0 Å². The standard InChI is InChI=1S/C20H27N3O3S/c1-12-10-14(13(2)22-27(25)19(3,4)5)16-15(11-12)17(24)23(6)18(21-16)20(26-7)8-9-20/h10-11H,8-9H2,1-7H3. The fourth-order valence-electron chi connectivity index (χ4n) is 3.15. The van der Waals surface area contributed by atoms with E-state index >= 15 is 0 Å². The first-order chi connectivity index (χ1) is 12.5. The molecule has 1 saturated carbocycles. The third-order valence-electron chi connectivity index (χ3n) is 4.96. The summed E-state index contributed by atoms with van der Waals surface area (Å²) in [4.78, 5) is 17.8. The molecular weight excluding hydrogens is 362 g/mol. The van der Waals surface area contributed by atoms with E-state index in [0.29, 0.717) is 22.4 Å². The van der Waals surface area contributed by atoms with Gasteiger partial charge >= 0.3 is 0 Å². The number of ether oxygens (including phenoxy) is 1. The molecule has 146 valence electrons. The molecule has 0 spiro atoms. The van der Waals surface area contributed by atoms with Gasteiger partial charge in [-0.05, 0) is 65.2 Å². The summed E-state index contributed by atoms with van der Waals surface area (Å²) in [7, 11) is 3.39. The summed E-state index contributed by atoms with van der Waals surface area (Å²) in [5.41, 5.74) is 2.30. The van der Waals surface area contributed by atoms with Crippen LogP contribution >= 0.6 is 0 Å². The number of rotatable bonds is 4. The van der Waals surface area contributed by atoms with Gasteiger partial charge in [0.25, 0.3) is 5.56 Å². The van der Waals surface area contributed by atoms with Crippen LogP contribution in [-0.4, -0.2) is 31.7 Å². The van der Waals surface area contributed by atoms with Crippen LogP contribution in [0.5, 0.6) is 0 Å². The molecule has 0 saturated heterocycles. The van der Waals surface area contributed by atoms with E-state index in [2.05, 4.69) is 4.40 Å². The summed E-state index contributed by atoms with van der Waals surface area (Å²) < 4.78 is 23.7. The maximum Gasteiger partial charge on any atom is 0.261 e. The van der Waals surface area contributed by atoms with Crippen LogP contribution in [-0.2, 0) is 28.7 Å². The molecule has 2 aromatic rings. The molecule has 3 rings (SSSR count). The second kappa shape index (κ2) is 6.72. The van der Waals surface area contributed by atoms with Crippen molar-refractivity contribution in [3.8, 4) is 0 Å². The number of benzene rings is 1. The predicted molar refractivity (Wildman–Crippen MR) is 110 cm³/mol. The second-order valence-electron chi connectivity index (χ2n) is 8.24. The molecule has 1 atom stereocenters. The smallest absolute Gasteiger partial charge is 0.261 e. The van der Waals surface area contributed by atoms with Crippen LogP contribution < -0.4 is 5.56 Å². The Labute approximate surface area is 163 Å². The number of aryl methyl sites for hydroxylation is 1. The Hall–Kier alpha value is -1.70. The Morgan fingerprint density at radius 3 is 2.52 bits per heavy atom. The molecule has 7 heteroatoms. The molecule has 0 amide bonds. The van der Waals surface area contributed by atoms with Crippen LogP contribution in [0.15, 0.2) is 21.3 Å². The van der Waals surface area contributed by atoms with Gasteiger partial charge in [0.15, 0.2) is 0 Å². The second-order valence-corrected chi connectivity index (χ2v) is 10.2. The first kappa shape index (κ1) is 20.0. The third kappa shape index (κ3) is 3.56. The fourth-order valence-corrected chi connectivity index (χ4v) is 3.77. The number of hydrogen-bond donors (Lipinski definition) is 0. The van der Waals surface area contributed by atoms with E-state index in [1.54, 1.807) is 18.7 Å². The minimum Gasteiger partial charge on any atom is -0.591 e. The maximum atomic E-state index is 13.0. The van der Waals surface area contributed by atoms with Crippen LogP contribution in [0.1, 0.15) is 57.5 Å². The Morgan fingerprint density at radius 1 is 1.37 bits per heavy atom. The molecule has 1 heterocycles. The third-order valence-corrected chi connectivity index (χ3v) is 6.45. The Bertz CT molecular complexity index is 985. The number of hydrogen-bond acceptors (Lipinski definition) is 5. The maximum absolute atomic E-state index is 13.0. The van der Waals surface area contributed by atoms with Crippen molar-refractivity contribution in [2.24, 2.45) is 11.4 Å². The van der Waals surface area contributed by atoms with Crippen LogP contribution in [0.2, 0.25) is 0 Å². The monoisotopic (exact) mass is 389 g/mol. The molecule has 0 aliphatic heterocycles. The molecule has 1 fully saturated rings. The Morgan fingerprint density at radius 2 is 2.00 bits per heavy atom. The van der Waals surface area contributed by atoms with E-state index in [1.165, 1.54) is 0 Å². The highest BCUT2D eigenvalue weighted by Crippen LogP contribution is 2.47. The van der Waals surface area contributed by atoms with E-state index in [4.69, 9.17) is 9.72 Å². The van der Waals surface area contributed by atoms with Crippen molar-refractivity contribution in [1.82, 2.24) is 9.55 Å². The lowest BCUT2D eigenvalue weighted by Crippen LogP contribution is -2.29. The summed E-state index contributed by atoms with van der Waals surface area (Å²) in [6.45, 7) is 9.41. The van der Waals surface area contributed by atoms with Gasteiger partial charge in [0.2, 0.25) is 0 Å². The van der Waals surface area contributed by atoms with Gasteiger partial charge in [0.05, 0.1) is 16.6 Å². The van der Waals surface area contributed by atoms with Gasteiger partial charge in [0.1, 0.15) is 27.5 Å².